The first kappa shape index (κ1) is 15.8. The Hall–Kier alpha value is -2.74. The Morgan fingerprint density at radius 3 is 2.00 bits per heavy atom. The SMILES string of the molecule is c1ccc(N[C@H]2CCN(c3ccccc3)[C@@H](c3ccccc3)C2)cc1. The summed E-state index contributed by atoms with van der Waals surface area (Å²) in [6.45, 7) is 1.06. The van der Waals surface area contributed by atoms with E-state index in [-0.39, 0.29) is 0 Å². The number of piperidine rings is 1. The van der Waals surface area contributed by atoms with E-state index in [1.165, 1.54) is 16.9 Å². The summed E-state index contributed by atoms with van der Waals surface area (Å²) in [5, 5.41) is 3.73. The van der Waals surface area contributed by atoms with Crippen LogP contribution in [-0.2, 0) is 0 Å². The molecule has 2 nitrogen and oxygen atoms in total. The molecule has 0 aromatic heterocycles. The molecule has 2 heteroatoms. The van der Waals surface area contributed by atoms with Crippen LogP contribution < -0.4 is 10.2 Å². The Bertz CT molecular complexity index is 771. The van der Waals surface area contributed by atoms with E-state index in [0.29, 0.717) is 12.1 Å². The maximum Gasteiger partial charge on any atom is 0.0561 e. The zero-order chi connectivity index (χ0) is 16.9. The quantitative estimate of drug-likeness (QED) is 0.679. The van der Waals surface area contributed by atoms with Gasteiger partial charge in [0.05, 0.1) is 6.04 Å². The molecule has 0 radical (unpaired) electrons. The van der Waals surface area contributed by atoms with Crippen molar-refractivity contribution in [1.29, 1.82) is 0 Å². The van der Waals surface area contributed by atoms with Crippen LogP contribution in [0.1, 0.15) is 24.4 Å². The number of benzene rings is 3. The molecule has 3 aromatic carbocycles. The maximum absolute atomic E-state index is 3.73. The van der Waals surface area contributed by atoms with Crippen molar-refractivity contribution in [3.05, 3.63) is 96.6 Å². The molecule has 2 atom stereocenters. The van der Waals surface area contributed by atoms with Gasteiger partial charge in [-0.25, -0.2) is 0 Å². The van der Waals surface area contributed by atoms with Crippen molar-refractivity contribution in [3.8, 4) is 0 Å². The van der Waals surface area contributed by atoms with Crippen molar-refractivity contribution >= 4 is 11.4 Å². The first-order chi connectivity index (χ1) is 12.4. The van der Waals surface area contributed by atoms with Gasteiger partial charge in [-0.1, -0.05) is 66.7 Å². The Morgan fingerprint density at radius 1 is 0.720 bits per heavy atom. The minimum atomic E-state index is 0.401. The fraction of sp³-hybridized carbons (Fsp3) is 0.217. The fourth-order valence-electron chi connectivity index (χ4n) is 3.79. The predicted octanol–water partition coefficient (Wildman–Crippen LogP) is 5.51. The van der Waals surface area contributed by atoms with Gasteiger partial charge in [-0.2, -0.15) is 0 Å². The van der Waals surface area contributed by atoms with Crippen molar-refractivity contribution in [2.45, 2.75) is 24.9 Å². The first-order valence-electron chi connectivity index (χ1n) is 9.08. The molecule has 0 unspecified atom stereocenters. The molecule has 0 spiro atoms. The smallest absolute Gasteiger partial charge is 0.0561 e. The normalized spacial score (nSPS) is 20.2. The van der Waals surface area contributed by atoms with E-state index in [1.807, 2.05) is 0 Å². The highest BCUT2D eigenvalue weighted by molar-refractivity contribution is 5.50. The second-order valence-corrected chi connectivity index (χ2v) is 6.69. The number of para-hydroxylation sites is 2. The standard InChI is InChI=1S/C23H24N2/c1-4-10-19(11-5-1)23-18-21(24-20-12-6-2-7-13-20)16-17-25(23)22-14-8-3-9-15-22/h1-15,21,23-24H,16-18H2/t21-,23+/m0/s1. The molecule has 1 heterocycles. The molecule has 126 valence electrons. The van der Waals surface area contributed by atoms with Gasteiger partial charge in [-0.15, -0.1) is 0 Å². The highest BCUT2D eigenvalue weighted by atomic mass is 15.2. The van der Waals surface area contributed by atoms with Crippen LogP contribution >= 0.6 is 0 Å². The van der Waals surface area contributed by atoms with Gasteiger partial charge in [-0.05, 0) is 42.7 Å². The Labute approximate surface area is 150 Å². The van der Waals surface area contributed by atoms with Crippen LogP contribution in [0.3, 0.4) is 0 Å². The summed E-state index contributed by atoms with van der Waals surface area (Å²) in [5.41, 5.74) is 3.92. The van der Waals surface area contributed by atoms with E-state index in [1.54, 1.807) is 0 Å². The van der Waals surface area contributed by atoms with Crippen LogP contribution in [0.2, 0.25) is 0 Å². The van der Waals surface area contributed by atoms with Gasteiger partial charge in [0.1, 0.15) is 0 Å². The molecule has 1 saturated heterocycles. The molecular formula is C23H24N2. The highest BCUT2D eigenvalue weighted by Gasteiger charge is 2.29. The summed E-state index contributed by atoms with van der Waals surface area (Å²) in [5.74, 6) is 0. The molecule has 1 fully saturated rings. The number of hydrogen-bond acceptors (Lipinski definition) is 2. The lowest BCUT2D eigenvalue weighted by Crippen LogP contribution is -2.41. The highest BCUT2D eigenvalue weighted by Crippen LogP contribution is 2.35. The van der Waals surface area contributed by atoms with E-state index in [0.717, 1.165) is 19.4 Å². The van der Waals surface area contributed by atoms with Crippen molar-refractivity contribution in [1.82, 2.24) is 0 Å². The second kappa shape index (κ2) is 7.43. The van der Waals surface area contributed by atoms with Crippen molar-refractivity contribution in [2.75, 3.05) is 16.8 Å². The fourth-order valence-corrected chi connectivity index (χ4v) is 3.79. The third-order valence-corrected chi connectivity index (χ3v) is 5.02. The second-order valence-electron chi connectivity index (χ2n) is 6.69. The van der Waals surface area contributed by atoms with Gasteiger partial charge < -0.3 is 10.2 Å². The van der Waals surface area contributed by atoms with E-state index in [4.69, 9.17) is 0 Å². The molecule has 0 aliphatic carbocycles. The molecule has 3 aromatic rings. The Morgan fingerprint density at radius 2 is 1.32 bits per heavy atom. The zero-order valence-electron chi connectivity index (χ0n) is 14.4. The minimum absolute atomic E-state index is 0.401. The average Bonchev–Trinajstić information content (AvgIpc) is 2.70. The number of rotatable bonds is 4. The molecular weight excluding hydrogens is 304 g/mol. The summed E-state index contributed by atoms with van der Waals surface area (Å²) >= 11 is 0. The summed E-state index contributed by atoms with van der Waals surface area (Å²) < 4.78 is 0. The molecule has 25 heavy (non-hydrogen) atoms. The number of anilines is 2. The van der Waals surface area contributed by atoms with Crippen LogP contribution in [0.25, 0.3) is 0 Å². The van der Waals surface area contributed by atoms with Gasteiger partial charge in [0.15, 0.2) is 0 Å². The predicted molar refractivity (Wildman–Crippen MR) is 106 cm³/mol. The molecule has 0 saturated carbocycles. The van der Waals surface area contributed by atoms with Crippen molar-refractivity contribution < 1.29 is 0 Å². The lowest BCUT2D eigenvalue weighted by molar-refractivity contribution is 0.438. The molecule has 0 amide bonds. The largest absolute Gasteiger partial charge is 0.382 e. The minimum Gasteiger partial charge on any atom is -0.382 e. The monoisotopic (exact) mass is 328 g/mol. The van der Waals surface area contributed by atoms with Gasteiger partial charge in [-0.3, -0.25) is 0 Å². The third-order valence-electron chi connectivity index (χ3n) is 5.02. The summed E-state index contributed by atoms with van der Waals surface area (Å²) in [6.07, 6.45) is 2.25. The van der Waals surface area contributed by atoms with Crippen LogP contribution in [0.5, 0.6) is 0 Å². The van der Waals surface area contributed by atoms with Crippen LogP contribution in [-0.4, -0.2) is 12.6 Å². The van der Waals surface area contributed by atoms with E-state index in [2.05, 4.69) is 101 Å². The van der Waals surface area contributed by atoms with Crippen LogP contribution in [0, 0.1) is 0 Å². The van der Waals surface area contributed by atoms with Crippen LogP contribution in [0.15, 0.2) is 91.0 Å². The van der Waals surface area contributed by atoms with Gasteiger partial charge >= 0.3 is 0 Å². The number of hydrogen-bond donors (Lipinski definition) is 1. The van der Waals surface area contributed by atoms with E-state index in [9.17, 15) is 0 Å². The van der Waals surface area contributed by atoms with Gasteiger partial charge in [0, 0.05) is 24.0 Å². The number of nitrogens with one attached hydrogen (secondary N) is 1. The van der Waals surface area contributed by atoms with Crippen molar-refractivity contribution in [3.63, 3.8) is 0 Å². The lowest BCUT2D eigenvalue weighted by Gasteiger charge is -2.42. The molecule has 1 aliphatic heterocycles. The Balaban J connectivity index is 1.58. The van der Waals surface area contributed by atoms with E-state index >= 15 is 0 Å². The maximum atomic E-state index is 3.73. The molecule has 0 bridgehead atoms. The molecule has 1 N–H and O–H groups in total. The number of nitrogens with zero attached hydrogens (tertiary/aromatic N) is 1. The molecule has 1 aliphatic rings. The van der Waals surface area contributed by atoms with Crippen molar-refractivity contribution in [2.24, 2.45) is 0 Å². The summed E-state index contributed by atoms with van der Waals surface area (Å²) in [7, 11) is 0. The average molecular weight is 328 g/mol. The topological polar surface area (TPSA) is 15.3 Å². The molecule has 4 rings (SSSR count). The third kappa shape index (κ3) is 3.69. The van der Waals surface area contributed by atoms with E-state index < -0.39 is 0 Å². The first-order valence-corrected chi connectivity index (χ1v) is 9.08. The lowest BCUT2D eigenvalue weighted by atomic mass is 9.91. The van der Waals surface area contributed by atoms with Gasteiger partial charge in [0.25, 0.3) is 0 Å². The van der Waals surface area contributed by atoms with Gasteiger partial charge in [0.2, 0.25) is 0 Å². The van der Waals surface area contributed by atoms with Crippen LogP contribution in [0.4, 0.5) is 11.4 Å². The summed E-state index contributed by atoms with van der Waals surface area (Å²) in [6, 6.07) is 33.1. The zero-order valence-corrected chi connectivity index (χ0v) is 14.4. The Kier molecular flexibility index (Phi) is 4.69. The summed E-state index contributed by atoms with van der Waals surface area (Å²) in [4.78, 5) is 2.55.